The van der Waals surface area contributed by atoms with Gasteiger partial charge in [-0.05, 0) is 0 Å². The number of aliphatic hydroxyl groups is 3. The smallest absolute Gasteiger partial charge is 0.328 e. The van der Waals surface area contributed by atoms with Crippen LogP contribution in [-0.4, -0.2) is 77.8 Å². The maximum absolute atomic E-state index is 9.63. The summed E-state index contributed by atoms with van der Waals surface area (Å²) in [6, 6.07) is 0. The van der Waals surface area contributed by atoms with Crippen LogP contribution in [0.15, 0.2) is 0 Å². The second-order valence-electron chi connectivity index (χ2n) is 2.98. The Morgan fingerprint density at radius 2 is 1.24 bits per heavy atom. The Morgan fingerprint density at radius 3 is 1.35 bits per heavy atom. The van der Waals surface area contributed by atoms with Crippen molar-refractivity contribution in [1.29, 1.82) is 0 Å². The summed E-state index contributed by atoms with van der Waals surface area (Å²) in [5.74, 6) is 0. The predicted molar refractivity (Wildman–Crippen MR) is 59.9 cm³/mol. The van der Waals surface area contributed by atoms with Crippen LogP contribution in [-0.2, 0) is 14.9 Å². The Morgan fingerprint density at radius 1 is 1.00 bits per heavy atom. The number of hydrogen-bond donors (Lipinski definition) is 4. The van der Waals surface area contributed by atoms with E-state index in [4.69, 9.17) is 19.9 Å². The maximum Gasteiger partial charge on any atom is 0.328 e. The van der Waals surface area contributed by atoms with Crippen LogP contribution in [0.25, 0.3) is 0 Å². The van der Waals surface area contributed by atoms with E-state index in [0.29, 0.717) is 19.6 Å². The first-order valence-corrected chi connectivity index (χ1v) is 6.26. The fourth-order valence-electron chi connectivity index (χ4n) is 0.760. The van der Waals surface area contributed by atoms with Crippen LogP contribution in [0.2, 0.25) is 0 Å². The molecule has 0 amide bonds. The van der Waals surface area contributed by atoms with Gasteiger partial charge in [0.2, 0.25) is 0 Å². The summed E-state index contributed by atoms with van der Waals surface area (Å²) in [6.07, 6.45) is 0. The molecule has 0 aliphatic heterocycles. The predicted octanol–water partition coefficient (Wildman–Crippen LogP) is -2.31. The summed E-state index contributed by atoms with van der Waals surface area (Å²) in [4.78, 5) is 11.4. The largest absolute Gasteiger partial charge is 0.395 e. The molecule has 0 heterocycles. The molecule has 0 saturated carbocycles. The minimum absolute atomic E-state index is 0.0694. The molecule has 0 aromatic carbocycles. The van der Waals surface area contributed by atoms with E-state index >= 15 is 0 Å². The van der Waals surface area contributed by atoms with Gasteiger partial charge in [-0.25, -0.2) is 0 Å². The van der Waals surface area contributed by atoms with E-state index in [1.54, 1.807) is 4.90 Å². The van der Waals surface area contributed by atoms with Gasteiger partial charge in [0.05, 0.1) is 19.8 Å². The van der Waals surface area contributed by atoms with Crippen molar-refractivity contribution < 1.29 is 33.1 Å². The zero-order valence-electron chi connectivity index (χ0n) is 9.61. The Kier molecular flexibility index (Phi) is 11.7. The summed E-state index contributed by atoms with van der Waals surface area (Å²) in [6.45, 7) is 2.53. The van der Waals surface area contributed by atoms with E-state index in [2.05, 4.69) is 0 Å². The summed E-state index contributed by atoms with van der Waals surface area (Å²) < 4.78 is 26.8. The maximum atomic E-state index is 9.63. The third-order valence-electron chi connectivity index (χ3n) is 1.61. The fourth-order valence-corrected chi connectivity index (χ4v) is 0.760. The Hall–Kier alpha value is -0.580. The van der Waals surface area contributed by atoms with E-state index in [1.807, 2.05) is 0 Å². The lowest BCUT2D eigenvalue weighted by atomic mass is 10.4. The van der Waals surface area contributed by atoms with Gasteiger partial charge in [0.25, 0.3) is 5.12 Å². The first kappa shape index (κ1) is 18.8. The second-order valence-corrected chi connectivity index (χ2v) is 4.50. The van der Waals surface area contributed by atoms with Gasteiger partial charge >= 0.3 is 10.1 Å². The van der Waals surface area contributed by atoms with E-state index in [9.17, 15) is 13.2 Å². The van der Waals surface area contributed by atoms with Crippen LogP contribution in [0.5, 0.6) is 0 Å². The number of nitrogens with zero attached hydrogens (tertiary/aromatic N) is 1. The van der Waals surface area contributed by atoms with Crippen LogP contribution in [0.1, 0.15) is 6.92 Å². The van der Waals surface area contributed by atoms with Crippen molar-refractivity contribution in [3.05, 3.63) is 0 Å². The van der Waals surface area contributed by atoms with Crippen LogP contribution in [0.3, 0.4) is 0 Å². The van der Waals surface area contributed by atoms with Gasteiger partial charge in [-0.2, -0.15) is 8.42 Å². The molecule has 4 N–H and O–H groups in total. The van der Waals surface area contributed by atoms with Gasteiger partial charge in [0, 0.05) is 26.6 Å². The minimum atomic E-state index is -4.38. The van der Waals surface area contributed by atoms with Crippen molar-refractivity contribution >= 4 is 15.2 Å². The highest BCUT2D eigenvalue weighted by Crippen LogP contribution is 1.84. The highest BCUT2D eigenvalue weighted by molar-refractivity contribution is 8.01. The first-order chi connectivity index (χ1) is 7.79. The van der Waals surface area contributed by atoms with Gasteiger partial charge in [0.15, 0.2) is 0 Å². The Labute approximate surface area is 100 Å². The third kappa shape index (κ3) is 13.4. The average molecular weight is 273 g/mol. The summed E-state index contributed by atoms with van der Waals surface area (Å²) >= 11 is 0. The van der Waals surface area contributed by atoms with Crippen molar-refractivity contribution in [1.82, 2.24) is 4.90 Å². The van der Waals surface area contributed by atoms with Crippen molar-refractivity contribution in [2.75, 3.05) is 39.5 Å². The highest BCUT2D eigenvalue weighted by Gasteiger charge is 2.09. The van der Waals surface area contributed by atoms with Gasteiger partial charge in [-0.15, -0.1) is 0 Å². The van der Waals surface area contributed by atoms with Crippen molar-refractivity contribution in [3.8, 4) is 0 Å². The first-order valence-electron chi connectivity index (χ1n) is 4.82. The zero-order chi connectivity index (χ0) is 13.9. The lowest BCUT2D eigenvalue weighted by Crippen LogP contribution is -2.32. The van der Waals surface area contributed by atoms with Crippen LogP contribution in [0, 0.1) is 0 Å². The summed E-state index contributed by atoms with van der Waals surface area (Å²) in [5.41, 5.74) is 0. The topological polar surface area (TPSA) is 135 Å². The number of hydrogen-bond acceptors (Lipinski definition) is 7. The standard InChI is InChI=1S/C6H15NO3.C2H4O4S/c8-4-1-7(2-5-9)3-6-10;1-2(3)7(4,5)6/h8-10H,1-6H2;1H3,(H,4,5,6). The van der Waals surface area contributed by atoms with E-state index in [-0.39, 0.29) is 19.8 Å². The molecule has 0 atom stereocenters. The molecule has 0 spiro atoms. The number of aliphatic hydroxyl groups excluding tert-OH is 3. The molecule has 0 rings (SSSR count). The molecular weight excluding hydrogens is 254 g/mol. The fraction of sp³-hybridized carbons (Fsp3) is 0.875. The molecule has 0 bridgehead atoms. The number of carbonyl (C=O) groups is 1. The monoisotopic (exact) mass is 273 g/mol. The molecule has 104 valence electrons. The van der Waals surface area contributed by atoms with Gasteiger partial charge in [-0.3, -0.25) is 14.2 Å². The summed E-state index contributed by atoms with van der Waals surface area (Å²) in [7, 11) is -4.38. The second kappa shape index (κ2) is 10.6. The van der Waals surface area contributed by atoms with Crippen LogP contribution < -0.4 is 0 Å². The molecule has 0 radical (unpaired) electrons. The number of carbonyl (C=O) groups excluding carboxylic acids is 1. The van der Waals surface area contributed by atoms with E-state index in [1.165, 1.54) is 0 Å². The normalized spacial score (nSPS) is 10.9. The molecule has 0 saturated heterocycles. The molecule has 17 heavy (non-hydrogen) atoms. The quantitative estimate of drug-likeness (QED) is 0.396. The average Bonchev–Trinajstić information content (AvgIpc) is 2.18. The number of rotatable bonds is 6. The molecule has 0 aliphatic carbocycles. The molecule has 8 nitrogen and oxygen atoms in total. The molecule has 0 aromatic rings. The molecule has 0 aliphatic rings. The van der Waals surface area contributed by atoms with Gasteiger partial charge in [0.1, 0.15) is 0 Å². The SMILES string of the molecule is CC(=O)S(=O)(=O)O.OCCN(CCO)CCO. The molecule has 0 aromatic heterocycles. The summed E-state index contributed by atoms with van der Waals surface area (Å²) in [5, 5.41) is 24.2. The minimum Gasteiger partial charge on any atom is -0.395 e. The Bertz CT molecular complexity index is 276. The Balaban J connectivity index is 0. The van der Waals surface area contributed by atoms with Crippen LogP contribution in [0.4, 0.5) is 0 Å². The third-order valence-corrected chi connectivity index (χ3v) is 2.34. The van der Waals surface area contributed by atoms with Gasteiger partial charge < -0.3 is 15.3 Å². The van der Waals surface area contributed by atoms with E-state index in [0.717, 1.165) is 6.92 Å². The van der Waals surface area contributed by atoms with Crippen molar-refractivity contribution in [2.45, 2.75) is 6.92 Å². The zero-order valence-corrected chi connectivity index (χ0v) is 10.4. The van der Waals surface area contributed by atoms with E-state index < -0.39 is 15.2 Å². The lowest BCUT2D eigenvalue weighted by Gasteiger charge is -2.17. The molecule has 0 fully saturated rings. The van der Waals surface area contributed by atoms with Crippen molar-refractivity contribution in [3.63, 3.8) is 0 Å². The molecular formula is C8H19NO7S. The van der Waals surface area contributed by atoms with Crippen LogP contribution >= 0.6 is 0 Å². The lowest BCUT2D eigenvalue weighted by molar-refractivity contribution is -0.110. The van der Waals surface area contributed by atoms with Gasteiger partial charge in [-0.1, -0.05) is 0 Å². The van der Waals surface area contributed by atoms with Crippen molar-refractivity contribution in [2.24, 2.45) is 0 Å². The molecule has 9 heteroatoms. The highest BCUT2D eigenvalue weighted by atomic mass is 32.2. The molecule has 0 unspecified atom stereocenters.